The fraction of sp³-hybridized carbons (Fsp3) is 0.778. The van der Waals surface area contributed by atoms with Crippen molar-refractivity contribution in [2.45, 2.75) is 34.0 Å². The summed E-state index contributed by atoms with van der Waals surface area (Å²) in [5, 5.41) is 0. The van der Waals surface area contributed by atoms with Crippen molar-refractivity contribution in [2.24, 2.45) is 17.6 Å². The Labute approximate surface area is 83.5 Å². The van der Waals surface area contributed by atoms with Crippen LogP contribution in [0.3, 0.4) is 0 Å². The molecule has 0 spiro atoms. The number of esters is 1. The first-order chi connectivity index (χ1) is 6.34. The zero-order valence-electron chi connectivity index (χ0n) is 8.94. The maximum Gasteiger partial charge on any atom is 0.407 e. The molecule has 5 heteroatoms. The molecule has 5 nitrogen and oxygen atoms in total. The smallest absolute Gasteiger partial charge is 0.407 e. The zero-order valence-corrected chi connectivity index (χ0v) is 8.94. The molecule has 0 rings (SSSR count). The van der Waals surface area contributed by atoms with Crippen molar-refractivity contribution in [1.82, 2.24) is 0 Å². The molecule has 0 aliphatic carbocycles. The van der Waals surface area contributed by atoms with Crippen molar-refractivity contribution in [3.8, 4) is 0 Å². The molecule has 0 aromatic rings. The lowest BCUT2D eigenvalue weighted by Crippen LogP contribution is -2.32. The predicted octanol–water partition coefficient (Wildman–Crippen LogP) is 1.26. The van der Waals surface area contributed by atoms with Crippen molar-refractivity contribution >= 4 is 12.1 Å². The van der Waals surface area contributed by atoms with Crippen LogP contribution in [0.15, 0.2) is 0 Å². The van der Waals surface area contributed by atoms with Gasteiger partial charge in [0.25, 0.3) is 6.29 Å². The molecule has 2 N–H and O–H groups in total. The number of carbonyl (C=O) groups excluding carboxylic acids is 2. The van der Waals surface area contributed by atoms with Crippen LogP contribution in [0.4, 0.5) is 4.79 Å². The third-order valence-electron chi connectivity index (χ3n) is 1.48. The molecular weight excluding hydrogens is 186 g/mol. The highest BCUT2D eigenvalue weighted by molar-refractivity contribution is 5.72. The van der Waals surface area contributed by atoms with Gasteiger partial charge in [0, 0.05) is 5.92 Å². The van der Waals surface area contributed by atoms with Gasteiger partial charge in [0.1, 0.15) is 0 Å². The summed E-state index contributed by atoms with van der Waals surface area (Å²) in [7, 11) is 0. The lowest BCUT2D eigenvalue weighted by Gasteiger charge is -2.21. The molecule has 0 aliphatic heterocycles. The summed E-state index contributed by atoms with van der Waals surface area (Å²) in [5.41, 5.74) is 4.83. The Bertz CT molecular complexity index is 213. The summed E-state index contributed by atoms with van der Waals surface area (Å²) < 4.78 is 9.55. The molecule has 0 aromatic heterocycles. The van der Waals surface area contributed by atoms with Crippen molar-refractivity contribution in [3.05, 3.63) is 0 Å². The lowest BCUT2D eigenvalue weighted by molar-refractivity contribution is -0.178. The lowest BCUT2D eigenvalue weighted by atomic mass is 10.2. The molecule has 82 valence electrons. The monoisotopic (exact) mass is 203 g/mol. The number of ether oxygens (including phenoxy) is 2. The van der Waals surface area contributed by atoms with Gasteiger partial charge in [-0.05, 0) is 0 Å². The zero-order chi connectivity index (χ0) is 11.3. The van der Waals surface area contributed by atoms with Crippen LogP contribution in [0.2, 0.25) is 0 Å². The van der Waals surface area contributed by atoms with Gasteiger partial charge in [0.05, 0.1) is 5.92 Å². The second-order valence-corrected chi connectivity index (χ2v) is 3.64. The Balaban J connectivity index is 4.23. The van der Waals surface area contributed by atoms with Crippen LogP contribution in [0, 0.1) is 11.8 Å². The van der Waals surface area contributed by atoms with Gasteiger partial charge < -0.3 is 15.2 Å². The minimum absolute atomic E-state index is 0.120. The van der Waals surface area contributed by atoms with Crippen molar-refractivity contribution in [2.75, 3.05) is 0 Å². The second kappa shape index (κ2) is 5.47. The van der Waals surface area contributed by atoms with Crippen LogP contribution < -0.4 is 5.73 Å². The van der Waals surface area contributed by atoms with Crippen molar-refractivity contribution in [1.29, 1.82) is 0 Å². The average molecular weight is 203 g/mol. The minimum atomic E-state index is -0.944. The van der Waals surface area contributed by atoms with Gasteiger partial charge in [-0.1, -0.05) is 27.7 Å². The third-order valence-corrected chi connectivity index (χ3v) is 1.48. The van der Waals surface area contributed by atoms with E-state index in [1.54, 1.807) is 27.7 Å². The molecule has 0 radical (unpaired) electrons. The van der Waals surface area contributed by atoms with Crippen LogP contribution in [0.1, 0.15) is 27.7 Å². The fourth-order valence-corrected chi connectivity index (χ4v) is 0.661. The van der Waals surface area contributed by atoms with Gasteiger partial charge in [0.2, 0.25) is 0 Å². The van der Waals surface area contributed by atoms with Gasteiger partial charge in [-0.3, -0.25) is 4.79 Å². The van der Waals surface area contributed by atoms with E-state index in [2.05, 4.69) is 4.74 Å². The van der Waals surface area contributed by atoms with E-state index in [-0.39, 0.29) is 11.8 Å². The quantitative estimate of drug-likeness (QED) is 0.551. The summed E-state index contributed by atoms with van der Waals surface area (Å²) >= 11 is 0. The summed E-state index contributed by atoms with van der Waals surface area (Å²) in [5.74, 6) is -0.789. The number of rotatable bonds is 4. The maximum absolute atomic E-state index is 11.2. The summed E-state index contributed by atoms with van der Waals surface area (Å²) in [6.45, 7) is 6.93. The molecule has 0 aliphatic rings. The molecule has 1 atom stereocenters. The first-order valence-corrected chi connectivity index (χ1v) is 4.51. The molecule has 0 saturated heterocycles. The Hall–Kier alpha value is -1.26. The van der Waals surface area contributed by atoms with E-state index < -0.39 is 18.4 Å². The number of primary amides is 1. The normalized spacial score (nSPS) is 12.7. The molecule has 0 saturated carbocycles. The van der Waals surface area contributed by atoms with Gasteiger partial charge >= 0.3 is 12.1 Å². The fourth-order valence-electron chi connectivity index (χ4n) is 0.661. The van der Waals surface area contributed by atoms with Gasteiger partial charge in [0.15, 0.2) is 0 Å². The number of amides is 1. The molecule has 1 amide bonds. The van der Waals surface area contributed by atoms with Gasteiger partial charge in [-0.15, -0.1) is 0 Å². The van der Waals surface area contributed by atoms with E-state index >= 15 is 0 Å². The Morgan fingerprint density at radius 2 is 1.57 bits per heavy atom. The van der Waals surface area contributed by atoms with Crippen molar-refractivity contribution in [3.63, 3.8) is 0 Å². The second-order valence-electron chi connectivity index (χ2n) is 3.64. The number of carbonyl (C=O) groups is 2. The van der Waals surface area contributed by atoms with E-state index in [0.717, 1.165) is 0 Å². The van der Waals surface area contributed by atoms with Gasteiger partial charge in [-0.2, -0.15) is 0 Å². The standard InChI is InChI=1S/C9H17NO4/c1-5(2)7(11)13-8(6(3)4)14-9(10)12/h5-6,8H,1-4H3,(H2,10,12)/t8-/m0/s1. The predicted molar refractivity (Wildman–Crippen MR) is 50.2 cm³/mol. The summed E-state index contributed by atoms with van der Waals surface area (Å²) in [4.78, 5) is 21.7. The van der Waals surface area contributed by atoms with E-state index in [0.29, 0.717) is 0 Å². The Morgan fingerprint density at radius 3 is 1.86 bits per heavy atom. The number of hydrogen-bond donors (Lipinski definition) is 1. The first kappa shape index (κ1) is 12.7. The van der Waals surface area contributed by atoms with Crippen LogP contribution in [0.5, 0.6) is 0 Å². The molecular formula is C9H17NO4. The topological polar surface area (TPSA) is 78.6 Å². The number of hydrogen-bond acceptors (Lipinski definition) is 4. The minimum Gasteiger partial charge on any atom is -0.425 e. The molecule has 0 unspecified atom stereocenters. The highest BCUT2D eigenvalue weighted by Crippen LogP contribution is 2.10. The SMILES string of the molecule is CC(C)C(=O)O[C@@H](OC(N)=O)C(C)C. The van der Waals surface area contributed by atoms with Crippen molar-refractivity contribution < 1.29 is 19.1 Å². The van der Waals surface area contributed by atoms with E-state index in [9.17, 15) is 9.59 Å². The van der Waals surface area contributed by atoms with Gasteiger partial charge in [-0.25, -0.2) is 4.79 Å². The third kappa shape index (κ3) is 4.69. The summed E-state index contributed by atoms with van der Waals surface area (Å²) in [6.07, 6.45) is -1.84. The van der Waals surface area contributed by atoms with Crippen LogP contribution in [-0.2, 0) is 14.3 Å². The molecule has 0 heterocycles. The largest absolute Gasteiger partial charge is 0.425 e. The van der Waals surface area contributed by atoms with E-state index in [4.69, 9.17) is 10.5 Å². The highest BCUT2D eigenvalue weighted by Gasteiger charge is 2.22. The van der Waals surface area contributed by atoms with E-state index in [1.165, 1.54) is 0 Å². The summed E-state index contributed by atoms with van der Waals surface area (Å²) in [6, 6.07) is 0. The van der Waals surface area contributed by atoms with Crippen LogP contribution in [0.25, 0.3) is 0 Å². The molecule has 14 heavy (non-hydrogen) atoms. The highest BCUT2D eigenvalue weighted by atomic mass is 16.7. The molecule has 0 fully saturated rings. The van der Waals surface area contributed by atoms with Crippen LogP contribution in [-0.4, -0.2) is 18.4 Å². The molecule has 0 aromatic carbocycles. The Morgan fingerprint density at radius 1 is 1.07 bits per heavy atom. The van der Waals surface area contributed by atoms with E-state index in [1.807, 2.05) is 0 Å². The molecule has 0 bridgehead atoms. The average Bonchev–Trinajstić information content (AvgIpc) is 2.01. The Kier molecular flexibility index (Phi) is 4.97. The first-order valence-electron chi connectivity index (χ1n) is 4.51. The number of nitrogens with two attached hydrogens (primary N) is 1. The maximum atomic E-state index is 11.2. The van der Waals surface area contributed by atoms with Crippen LogP contribution >= 0.6 is 0 Å².